The largest absolute Gasteiger partial charge is 0.493 e. The molecule has 2 aromatic rings. The van der Waals surface area contributed by atoms with Crippen molar-refractivity contribution in [3.05, 3.63) is 42.1 Å². The van der Waals surface area contributed by atoms with Crippen LogP contribution in [0.3, 0.4) is 0 Å². The molecule has 150 valence electrons. The predicted octanol–water partition coefficient (Wildman–Crippen LogP) is 2.50. The fraction of sp³-hybridized carbons (Fsp3) is 0.429. The highest BCUT2D eigenvalue weighted by Crippen LogP contribution is 2.38. The van der Waals surface area contributed by atoms with E-state index in [1.165, 1.54) is 0 Å². The van der Waals surface area contributed by atoms with Gasteiger partial charge in [-0.2, -0.15) is 0 Å². The van der Waals surface area contributed by atoms with Crippen LogP contribution in [0.5, 0.6) is 17.2 Å². The molecule has 1 saturated heterocycles. The molecule has 28 heavy (non-hydrogen) atoms. The molecule has 1 aliphatic heterocycles. The van der Waals surface area contributed by atoms with Gasteiger partial charge in [0.1, 0.15) is 5.82 Å². The Hall–Kier alpha value is -2.80. The van der Waals surface area contributed by atoms with Crippen molar-refractivity contribution < 1.29 is 19.0 Å². The van der Waals surface area contributed by atoms with Gasteiger partial charge < -0.3 is 19.1 Å². The summed E-state index contributed by atoms with van der Waals surface area (Å²) in [6.45, 7) is 5.22. The third-order valence-electron chi connectivity index (χ3n) is 5.16. The maximum Gasteiger partial charge on any atom is 0.203 e. The van der Waals surface area contributed by atoms with E-state index in [0.717, 1.165) is 32.0 Å². The highest BCUT2D eigenvalue weighted by molar-refractivity contribution is 6.01. The number of hydrogen-bond donors (Lipinski definition) is 0. The van der Waals surface area contributed by atoms with E-state index in [0.29, 0.717) is 22.8 Å². The molecule has 2 heterocycles. The number of aromatic nitrogens is 1. The predicted molar refractivity (Wildman–Crippen MR) is 108 cm³/mol. The Labute approximate surface area is 165 Å². The second kappa shape index (κ2) is 8.93. The molecule has 1 unspecified atom stereocenters. The molecule has 7 nitrogen and oxygen atoms in total. The van der Waals surface area contributed by atoms with E-state index in [1.54, 1.807) is 39.7 Å². The van der Waals surface area contributed by atoms with E-state index in [-0.39, 0.29) is 11.8 Å². The molecule has 0 radical (unpaired) electrons. The fourth-order valence-corrected chi connectivity index (χ4v) is 3.51. The van der Waals surface area contributed by atoms with Crippen LogP contribution in [0.2, 0.25) is 0 Å². The maximum absolute atomic E-state index is 13.1. The number of rotatable bonds is 7. The van der Waals surface area contributed by atoms with Crippen molar-refractivity contribution in [3.63, 3.8) is 0 Å². The molecular formula is C21H27N3O4. The molecule has 1 aromatic carbocycles. The number of ketones is 1. The average molecular weight is 385 g/mol. The Morgan fingerprint density at radius 1 is 1.00 bits per heavy atom. The lowest BCUT2D eigenvalue weighted by molar-refractivity contribution is 0.0829. The van der Waals surface area contributed by atoms with E-state index in [2.05, 4.69) is 14.8 Å². The number of ether oxygens (including phenoxy) is 3. The lowest BCUT2D eigenvalue weighted by atomic mass is 10.0. The third-order valence-corrected chi connectivity index (χ3v) is 5.16. The summed E-state index contributed by atoms with van der Waals surface area (Å²) in [6.07, 6.45) is 1.80. The second-order valence-electron chi connectivity index (χ2n) is 6.67. The molecule has 3 rings (SSSR count). The number of benzene rings is 1. The molecule has 1 aromatic heterocycles. The minimum Gasteiger partial charge on any atom is -0.493 e. The minimum absolute atomic E-state index is 0.0329. The molecule has 1 fully saturated rings. The van der Waals surface area contributed by atoms with Crippen LogP contribution in [0.1, 0.15) is 17.3 Å². The molecule has 1 aliphatic rings. The van der Waals surface area contributed by atoms with Gasteiger partial charge in [-0.3, -0.25) is 9.69 Å². The summed E-state index contributed by atoms with van der Waals surface area (Å²) in [7, 11) is 4.64. The summed E-state index contributed by atoms with van der Waals surface area (Å²) in [5.74, 6) is 2.46. The van der Waals surface area contributed by atoms with Gasteiger partial charge in [-0.25, -0.2) is 4.98 Å². The second-order valence-corrected chi connectivity index (χ2v) is 6.67. The van der Waals surface area contributed by atoms with Crippen molar-refractivity contribution in [2.75, 3.05) is 52.4 Å². The monoisotopic (exact) mass is 385 g/mol. The average Bonchev–Trinajstić information content (AvgIpc) is 2.77. The summed E-state index contributed by atoms with van der Waals surface area (Å²) < 4.78 is 16.1. The van der Waals surface area contributed by atoms with Gasteiger partial charge >= 0.3 is 0 Å². The van der Waals surface area contributed by atoms with Crippen LogP contribution in [0.15, 0.2) is 36.5 Å². The number of nitrogens with zero attached hydrogens (tertiary/aromatic N) is 3. The van der Waals surface area contributed by atoms with Gasteiger partial charge in [0.2, 0.25) is 5.75 Å². The number of carbonyl (C=O) groups is 1. The molecule has 0 saturated carbocycles. The Bertz CT molecular complexity index is 780. The zero-order chi connectivity index (χ0) is 20.1. The lowest BCUT2D eigenvalue weighted by Crippen LogP contribution is -2.52. The third kappa shape index (κ3) is 4.04. The molecule has 7 heteroatoms. The molecule has 0 bridgehead atoms. The number of carbonyl (C=O) groups excluding carboxylic acids is 1. The summed E-state index contributed by atoms with van der Waals surface area (Å²) in [5, 5.41) is 0. The zero-order valence-corrected chi connectivity index (χ0v) is 16.8. The normalized spacial score (nSPS) is 15.8. The van der Waals surface area contributed by atoms with Crippen molar-refractivity contribution in [1.82, 2.24) is 9.88 Å². The molecule has 0 N–H and O–H groups in total. The summed E-state index contributed by atoms with van der Waals surface area (Å²) >= 11 is 0. The topological polar surface area (TPSA) is 64.1 Å². The van der Waals surface area contributed by atoms with Crippen LogP contribution < -0.4 is 19.1 Å². The quantitative estimate of drug-likeness (QED) is 0.679. The van der Waals surface area contributed by atoms with Crippen LogP contribution in [0, 0.1) is 0 Å². The number of hydrogen-bond acceptors (Lipinski definition) is 7. The van der Waals surface area contributed by atoms with E-state index >= 15 is 0 Å². The van der Waals surface area contributed by atoms with Gasteiger partial charge in [-0.05, 0) is 31.2 Å². The van der Waals surface area contributed by atoms with Crippen LogP contribution in [0.4, 0.5) is 5.82 Å². The molecular weight excluding hydrogens is 358 g/mol. The van der Waals surface area contributed by atoms with E-state index in [4.69, 9.17) is 14.2 Å². The Morgan fingerprint density at radius 3 is 2.14 bits per heavy atom. The lowest BCUT2D eigenvalue weighted by Gasteiger charge is -2.38. The smallest absolute Gasteiger partial charge is 0.203 e. The first-order valence-electron chi connectivity index (χ1n) is 9.33. The van der Waals surface area contributed by atoms with Crippen molar-refractivity contribution in [3.8, 4) is 17.2 Å². The van der Waals surface area contributed by atoms with Gasteiger partial charge in [0.25, 0.3) is 0 Å². The number of methoxy groups -OCH3 is 3. The van der Waals surface area contributed by atoms with Gasteiger partial charge in [0.15, 0.2) is 17.3 Å². The highest BCUT2D eigenvalue weighted by Gasteiger charge is 2.28. The first-order valence-corrected chi connectivity index (χ1v) is 9.33. The highest BCUT2D eigenvalue weighted by atomic mass is 16.5. The first kappa shape index (κ1) is 19.9. The Kier molecular flexibility index (Phi) is 6.36. The molecule has 0 amide bonds. The number of pyridine rings is 1. The summed E-state index contributed by atoms with van der Waals surface area (Å²) in [6, 6.07) is 9.10. The SMILES string of the molecule is COc1cc(C(=O)C(C)N2CCN(c3ccccn3)CC2)cc(OC)c1OC. The number of piperazine rings is 1. The minimum atomic E-state index is -0.242. The molecule has 0 aliphatic carbocycles. The van der Waals surface area contributed by atoms with Crippen molar-refractivity contribution in [2.45, 2.75) is 13.0 Å². The van der Waals surface area contributed by atoms with Gasteiger partial charge in [-0.1, -0.05) is 6.07 Å². The van der Waals surface area contributed by atoms with E-state index in [1.807, 2.05) is 25.1 Å². The van der Waals surface area contributed by atoms with Crippen LogP contribution in [0.25, 0.3) is 0 Å². The zero-order valence-electron chi connectivity index (χ0n) is 16.8. The number of Topliss-reactive ketones (excluding diaryl/α,β-unsaturated/α-hetero) is 1. The van der Waals surface area contributed by atoms with Crippen molar-refractivity contribution >= 4 is 11.6 Å². The van der Waals surface area contributed by atoms with Gasteiger partial charge in [0.05, 0.1) is 27.4 Å². The van der Waals surface area contributed by atoms with Crippen LogP contribution in [-0.2, 0) is 0 Å². The standard InChI is InChI=1S/C21H27N3O4/c1-15(23-9-11-24(12-10-23)19-7-5-6-8-22-19)20(25)16-13-17(26-2)21(28-4)18(14-16)27-3/h5-8,13-15H,9-12H2,1-4H3. The van der Waals surface area contributed by atoms with Gasteiger partial charge in [0, 0.05) is 37.9 Å². The molecule has 0 spiro atoms. The molecule has 1 atom stereocenters. The van der Waals surface area contributed by atoms with E-state index in [9.17, 15) is 4.79 Å². The summed E-state index contributed by atoms with van der Waals surface area (Å²) in [5.41, 5.74) is 0.550. The fourth-order valence-electron chi connectivity index (χ4n) is 3.51. The first-order chi connectivity index (χ1) is 13.6. The van der Waals surface area contributed by atoms with Crippen molar-refractivity contribution in [1.29, 1.82) is 0 Å². The van der Waals surface area contributed by atoms with Crippen LogP contribution >= 0.6 is 0 Å². The Balaban J connectivity index is 1.71. The maximum atomic E-state index is 13.1. The van der Waals surface area contributed by atoms with Crippen LogP contribution in [-0.4, -0.2) is 69.2 Å². The summed E-state index contributed by atoms with van der Waals surface area (Å²) in [4.78, 5) is 22.0. The Morgan fingerprint density at radius 2 is 1.64 bits per heavy atom. The van der Waals surface area contributed by atoms with E-state index < -0.39 is 0 Å². The van der Waals surface area contributed by atoms with Gasteiger partial charge in [-0.15, -0.1) is 0 Å². The number of anilines is 1. The van der Waals surface area contributed by atoms with Crippen molar-refractivity contribution in [2.24, 2.45) is 0 Å².